The van der Waals surface area contributed by atoms with Gasteiger partial charge in [0, 0.05) is 20.1 Å². The zero-order valence-electron chi connectivity index (χ0n) is 12.0. The van der Waals surface area contributed by atoms with Crippen molar-refractivity contribution >= 4 is 39.1 Å². The molecule has 9 heteroatoms. The van der Waals surface area contributed by atoms with E-state index in [4.69, 9.17) is 27.9 Å². The van der Waals surface area contributed by atoms with Gasteiger partial charge in [-0.15, -0.1) is 0 Å². The third-order valence-electron chi connectivity index (χ3n) is 3.32. The molecule has 1 fully saturated rings. The highest BCUT2D eigenvalue weighted by Gasteiger charge is 2.26. The minimum absolute atomic E-state index is 0.000762. The lowest BCUT2D eigenvalue weighted by Crippen LogP contribution is -2.46. The number of hydrogen-bond acceptors (Lipinski definition) is 4. The van der Waals surface area contributed by atoms with Gasteiger partial charge in [-0.2, -0.15) is 4.31 Å². The molecule has 2 rings (SSSR count). The molecule has 0 unspecified atom stereocenters. The van der Waals surface area contributed by atoms with E-state index in [1.165, 1.54) is 25.2 Å². The third-order valence-corrected chi connectivity index (χ3v) is 5.86. The number of likely N-dealkylation sites (N-methyl/N-ethyl adjacent to an activating group) is 1. The van der Waals surface area contributed by atoms with E-state index in [1.807, 2.05) is 0 Å². The molecule has 6 nitrogen and oxygen atoms in total. The Morgan fingerprint density at radius 2 is 1.91 bits per heavy atom. The highest BCUT2D eigenvalue weighted by atomic mass is 35.5. The van der Waals surface area contributed by atoms with Crippen LogP contribution in [0, 0.1) is 0 Å². The Bertz CT molecular complexity index is 660. The predicted octanol–water partition coefficient (Wildman–Crippen LogP) is 1.47. The fourth-order valence-electron chi connectivity index (χ4n) is 2.01. The van der Waals surface area contributed by atoms with Crippen LogP contribution in [0.15, 0.2) is 23.1 Å². The van der Waals surface area contributed by atoms with Crippen LogP contribution < -0.4 is 0 Å². The summed E-state index contributed by atoms with van der Waals surface area (Å²) in [4.78, 5) is 13.7. The minimum Gasteiger partial charge on any atom is -0.378 e. The van der Waals surface area contributed by atoms with Crippen LogP contribution in [-0.4, -0.2) is 63.4 Å². The first kappa shape index (κ1) is 17.5. The number of ether oxygens (including phenoxy) is 1. The number of amides is 1. The molecular weight excluding hydrogens is 351 g/mol. The Kier molecular flexibility index (Phi) is 5.68. The van der Waals surface area contributed by atoms with Crippen molar-refractivity contribution < 1.29 is 17.9 Å². The highest BCUT2D eigenvalue weighted by Crippen LogP contribution is 2.26. The van der Waals surface area contributed by atoms with Crippen molar-refractivity contribution in [3.8, 4) is 0 Å². The van der Waals surface area contributed by atoms with Crippen molar-refractivity contribution in [3.63, 3.8) is 0 Å². The Morgan fingerprint density at radius 1 is 1.27 bits per heavy atom. The number of nitrogens with zero attached hydrogens (tertiary/aromatic N) is 2. The average Bonchev–Trinajstić information content (AvgIpc) is 2.50. The molecule has 0 saturated carbocycles. The summed E-state index contributed by atoms with van der Waals surface area (Å²) < 4.78 is 31.1. The Labute approximate surface area is 139 Å². The van der Waals surface area contributed by atoms with Gasteiger partial charge in [-0.05, 0) is 18.2 Å². The van der Waals surface area contributed by atoms with Gasteiger partial charge in [0.2, 0.25) is 15.9 Å². The van der Waals surface area contributed by atoms with Gasteiger partial charge in [0.25, 0.3) is 0 Å². The molecule has 1 aromatic carbocycles. The molecule has 1 heterocycles. The molecule has 0 aromatic heterocycles. The van der Waals surface area contributed by atoms with E-state index in [0.29, 0.717) is 26.3 Å². The van der Waals surface area contributed by atoms with Crippen LogP contribution in [-0.2, 0) is 19.6 Å². The molecule has 0 spiro atoms. The number of benzene rings is 1. The topological polar surface area (TPSA) is 66.9 Å². The van der Waals surface area contributed by atoms with Crippen LogP contribution in [0.2, 0.25) is 10.0 Å². The Balaban J connectivity index is 2.11. The monoisotopic (exact) mass is 366 g/mol. The van der Waals surface area contributed by atoms with Gasteiger partial charge in [-0.25, -0.2) is 8.42 Å². The predicted molar refractivity (Wildman–Crippen MR) is 83.7 cm³/mol. The van der Waals surface area contributed by atoms with E-state index in [-0.39, 0.29) is 27.4 Å². The molecule has 1 aliphatic rings. The van der Waals surface area contributed by atoms with E-state index in [9.17, 15) is 13.2 Å². The molecule has 0 bridgehead atoms. The van der Waals surface area contributed by atoms with Gasteiger partial charge >= 0.3 is 0 Å². The fourth-order valence-corrected chi connectivity index (χ4v) is 3.52. The summed E-state index contributed by atoms with van der Waals surface area (Å²) in [7, 11) is -2.44. The van der Waals surface area contributed by atoms with Crippen LogP contribution in [0.3, 0.4) is 0 Å². The lowest BCUT2D eigenvalue weighted by Gasteiger charge is -2.28. The number of sulfonamides is 1. The molecular formula is C13H16Cl2N2O4S. The second kappa shape index (κ2) is 7.14. The van der Waals surface area contributed by atoms with Gasteiger partial charge in [0.05, 0.1) is 34.7 Å². The van der Waals surface area contributed by atoms with Crippen molar-refractivity contribution in [2.24, 2.45) is 0 Å². The molecule has 1 saturated heterocycles. The second-order valence-corrected chi connectivity index (χ2v) is 7.69. The molecule has 22 heavy (non-hydrogen) atoms. The van der Waals surface area contributed by atoms with Crippen LogP contribution in [0.4, 0.5) is 0 Å². The van der Waals surface area contributed by atoms with E-state index in [1.54, 1.807) is 4.90 Å². The first-order valence-corrected chi connectivity index (χ1v) is 8.79. The zero-order chi connectivity index (χ0) is 16.3. The Hall–Kier alpha value is -0.860. The number of carbonyl (C=O) groups excluding carboxylic acids is 1. The minimum atomic E-state index is -3.80. The molecule has 0 radical (unpaired) electrons. The summed E-state index contributed by atoms with van der Waals surface area (Å²) >= 11 is 11.6. The highest BCUT2D eigenvalue weighted by molar-refractivity contribution is 7.89. The van der Waals surface area contributed by atoms with Crippen molar-refractivity contribution in [3.05, 3.63) is 28.2 Å². The van der Waals surface area contributed by atoms with Crippen molar-refractivity contribution in [1.29, 1.82) is 0 Å². The maximum absolute atomic E-state index is 12.4. The van der Waals surface area contributed by atoms with E-state index < -0.39 is 10.0 Å². The number of carbonyl (C=O) groups is 1. The normalized spacial score (nSPS) is 16.1. The average molecular weight is 367 g/mol. The van der Waals surface area contributed by atoms with Crippen LogP contribution in [0.1, 0.15) is 0 Å². The molecule has 1 aliphatic heterocycles. The molecule has 122 valence electrons. The first-order valence-electron chi connectivity index (χ1n) is 6.59. The van der Waals surface area contributed by atoms with Crippen LogP contribution >= 0.6 is 23.2 Å². The van der Waals surface area contributed by atoms with E-state index >= 15 is 0 Å². The van der Waals surface area contributed by atoms with Crippen molar-refractivity contribution in [1.82, 2.24) is 9.21 Å². The number of hydrogen-bond donors (Lipinski definition) is 0. The van der Waals surface area contributed by atoms with Crippen LogP contribution in [0.25, 0.3) is 0 Å². The number of halogens is 2. The van der Waals surface area contributed by atoms with Gasteiger partial charge in [-0.3, -0.25) is 4.79 Å². The molecule has 0 N–H and O–H groups in total. The summed E-state index contributed by atoms with van der Waals surface area (Å²) in [5.41, 5.74) is 0. The maximum atomic E-state index is 12.4. The Morgan fingerprint density at radius 3 is 2.50 bits per heavy atom. The molecule has 1 amide bonds. The summed E-state index contributed by atoms with van der Waals surface area (Å²) in [5.74, 6) is -0.255. The molecule has 1 aromatic rings. The summed E-state index contributed by atoms with van der Waals surface area (Å²) in [6.45, 7) is 1.64. The molecule has 0 aliphatic carbocycles. The smallest absolute Gasteiger partial charge is 0.243 e. The van der Waals surface area contributed by atoms with Gasteiger partial charge in [0.15, 0.2) is 0 Å². The SMILES string of the molecule is CN(CC(=O)N1CCOCC1)S(=O)(=O)c1ccc(Cl)c(Cl)c1. The first-order chi connectivity index (χ1) is 10.3. The number of morpholine rings is 1. The third kappa shape index (κ3) is 3.91. The maximum Gasteiger partial charge on any atom is 0.243 e. The van der Waals surface area contributed by atoms with Crippen LogP contribution in [0.5, 0.6) is 0 Å². The van der Waals surface area contributed by atoms with Gasteiger partial charge < -0.3 is 9.64 Å². The summed E-state index contributed by atoms with van der Waals surface area (Å²) in [6, 6.07) is 4.04. The largest absolute Gasteiger partial charge is 0.378 e. The van der Waals surface area contributed by atoms with E-state index in [2.05, 4.69) is 0 Å². The summed E-state index contributed by atoms with van der Waals surface area (Å²) in [5, 5.41) is 0.420. The standard InChI is InChI=1S/C13H16Cl2N2O4S/c1-16(9-13(18)17-4-6-21-7-5-17)22(19,20)10-2-3-11(14)12(15)8-10/h2-3,8H,4-7,9H2,1H3. The fraction of sp³-hybridized carbons (Fsp3) is 0.462. The second-order valence-electron chi connectivity index (χ2n) is 4.83. The lowest BCUT2D eigenvalue weighted by atomic mass is 10.4. The van der Waals surface area contributed by atoms with Gasteiger partial charge in [0.1, 0.15) is 0 Å². The van der Waals surface area contributed by atoms with Gasteiger partial charge in [-0.1, -0.05) is 23.2 Å². The van der Waals surface area contributed by atoms with E-state index in [0.717, 1.165) is 4.31 Å². The summed E-state index contributed by atoms with van der Waals surface area (Å²) in [6.07, 6.45) is 0. The quantitative estimate of drug-likeness (QED) is 0.809. The van der Waals surface area contributed by atoms with Crippen molar-refractivity contribution in [2.45, 2.75) is 4.90 Å². The zero-order valence-corrected chi connectivity index (χ0v) is 14.3. The molecule has 0 atom stereocenters. The van der Waals surface area contributed by atoms with Crippen molar-refractivity contribution in [2.75, 3.05) is 39.9 Å². The number of rotatable bonds is 4. The lowest BCUT2D eigenvalue weighted by molar-refractivity contribution is -0.135.